The predicted octanol–water partition coefficient (Wildman–Crippen LogP) is 0.00460. The van der Waals surface area contributed by atoms with Crippen LogP contribution in [0.2, 0.25) is 0 Å². The second-order valence-corrected chi connectivity index (χ2v) is 3.83. The third kappa shape index (κ3) is 2.19. The molecule has 4 nitrogen and oxygen atoms in total. The van der Waals surface area contributed by atoms with Crippen LogP contribution in [0.15, 0.2) is 0 Å². The van der Waals surface area contributed by atoms with Gasteiger partial charge in [0.15, 0.2) is 0 Å². The van der Waals surface area contributed by atoms with Crippen LogP contribution in [0.4, 0.5) is 0 Å². The van der Waals surface area contributed by atoms with Crippen molar-refractivity contribution in [3.8, 4) is 0 Å². The molecule has 1 fully saturated rings. The molecular formula is C9H17NO3. The Kier molecular flexibility index (Phi) is 2.93. The molecule has 0 saturated carbocycles. The second-order valence-electron chi connectivity index (χ2n) is 3.83. The summed E-state index contributed by atoms with van der Waals surface area (Å²) in [6.07, 6.45) is 0.579. The van der Waals surface area contributed by atoms with E-state index in [4.69, 9.17) is 4.74 Å². The summed E-state index contributed by atoms with van der Waals surface area (Å²) in [7, 11) is 1.69. The lowest BCUT2D eigenvalue weighted by Gasteiger charge is -2.41. The van der Waals surface area contributed by atoms with Crippen molar-refractivity contribution in [2.24, 2.45) is 0 Å². The monoisotopic (exact) mass is 187 g/mol. The highest BCUT2D eigenvalue weighted by atomic mass is 16.5. The molecule has 2 atom stereocenters. The quantitative estimate of drug-likeness (QED) is 0.629. The van der Waals surface area contributed by atoms with Gasteiger partial charge in [-0.3, -0.25) is 4.79 Å². The van der Waals surface area contributed by atoms with E-state index in [9.17, 15) is 9.90 Å². The maximum Gasteiger partial charge on any atom is 0.219 e. The fourth-order valence-corrected chi connectivity index (χ4v) is 1.57. The van der Waals surface area contributed by atoms with Crippen LogP contribution < -0.4 is 0 Å². The number of hydrogen-bond acceptors (Lipinski definition) is 3. The first-order valence-electron chi connectivity index (χ1n) is 4.48. The van der Waals surface area contributed by atoms with Crippen molar-refractivity contribution in [1.82, 2.24) is 4.90 Å². The van der Waals surface area contributed by atoms with Crippen LogP contribution >= 0.6 is 0 Å². The molecule has 0 aromatic rings. The lowest BCUT2D eigenvalue weighted by atomic mass is 9.90. The summed E-state index contributed by atoms with van der Waals surface area (Å²) in [6, 6.07) is -0.223. The molecule has 0 aliphatic carbocycles. The largest absolute Gasteiger partial charge is 0.388 e. The van der Waals surface area contributed by atoms with E-state index in [2.05, 4.69) is 0 Å². The van der Waals surface area contributed by atoms with Gasteiger partial charge in [-0.2, -0.15) is 0 Å². The number of carbonyl (C=O) groups excluding carboxylic acids is 1. The van der Waals surface area contributed by atoms with E-state index >= 15 is 0 Å². The van der Waals surface area contributed by atoms with E-state index < -0.39 is 5.60 Å². The minimum Gasteiger partial charge on any atom is -0.388 e. The van der Waals surface area contributed by atoms with Gasteiger partial charge in [-0.1, -0.05) is 0 Å². The Balaban J connectivity index is 2.70. The van der Waals surface area contributed by atoms with Crippen LogP contribution in [0.5, 0.6) is 0 Å². The van der Waals surface area contributed by atoms with Gasteiger partial charge in [0.25, 0.3) is 0 Å². The third-order valence-electron chi connectivity index (χ3n) is 2.71. The van der Waals surface area contributed by atoms with E-state index in [0.717, 1.165) is 0 Å². The molecule has 1 amide bonds. The highest BCUT2D eigenvalue weighted by Crippen LogP contribution is 2.23. The number of nitrogens with zero attached hydrogens (tertiary/aromatic N) is 1. The van der Waals surface area contributed by atoms with Crippen molar-refractivity contribution in [3.63, 3.8) is 0 Å². The zero-order valence-corrected chi connectivity index (χ0v) is 8.41. The Bertz CT molecular complexity index is 203. The summed E-state index contributed by atoms with van der Waals surface area (Å²) >= 11 is 0. The van der Waals surface area contributed by atoms with Gasteiger partial charge in [-0.05, 0) is 6.92 Å². The van der Waals surface area contributed by atoms with Gasteiger partial charge < -0.3 is 14.7 Å². The van der Waals surface area contributed by atoms with Crippen molar-refractivity contribution in [1.29, 1.82) is 0 Å². The van der Waals surface area contributed by atoms with Gasteiger partial charge in [0.1, 0.15) is 0 Å². The molecule has 0 aromatic heterocycles. The fraction of sp³-hybridized carbons (Fsp3) is 0.889. The lowest BCUT2D eigenvalue weighted by Crippen LogP contribution is -2.56. The van der Waals surface area contributed by atoms with Crippen LogP contribution in [0.3, 0.4) is 0 Å². The SMILES string of the molecule is CC(=O)N(C)C1COCC[C@]1(C)O. The van der Waals surface area contributed by atoms with E-state index in [1.54, 1.807) is 18.9 Å². The number of carbonyl (C=O) groups is 1. The molecule has 0 radical (unpaired) electrons. The summed E-state index contributed by atoms with van der Waals surface area (Å²) in [5, 5.41) is 9.98. The zero-order chi connectivity index (χ0) is 10.1. The Morgan fingerprint density at radius 2 is 2.31 bits per heavy atom. The summed E-state index contributed by atoms with van der Waals surface area (Å²) < 4.78 is 5.24. The van der Waals surface area contributed by atoms with E-state index in [1.165, 1.54) is 6.92 Å². The molecule has 13 heavy (non-hydrogen) atoms. The summed E-state index contributed by atoms with van der Waals surface area (Å²) in [5.41, 5.74) is -0.821. The van der Waals surface area contributed by atoms with E-state index in [-0.39, 0.29) is 11.9 Å². The minimum absolute atomic E-state index is 0.0456. The number of aliphatic hydroxyl groups is 1. The van der Waals surface area contributed by atoms with E-state index in [1.807, 2.05) is 0 Å². The van der Waals surface area contributed by atoms with Gasteiger partial charge in [0, 0.05) is 27.0 Å². The molecule has 4 heteroatoms. The Labute approximate surface area is 78.5 Å². The second kappa shape index (κ2) is 3.64. The normalized spacial score (nSPS) is 34.3. The van der Waals surface area contributed by atoms with Crippen molar-refractivity contribution < 1.29 is 14.6 Å². The highest BCUT2D eigenvalue weighted by Gasteiger charge is 2.38. The summed E-state index contributed by atoms with van der Waals surface area (Å²) in [6.45, 7) is 4.22. The standard InChI is InChI=1S/C9H17NO3/c1-7(11)10(3)8-6-13-5-4-9(8,2)12/h8,12H,4-6H2,1-3H3/t8?,9-/m0/s1. The van der Waals surface area contributed by atoms with Gasteiger partial charge in [-0.15, -0.1) is 0 Å². The summed E-state index contributed by atoms with van der Waals surface area (Å²) in [5.74, 6) is -0.0456. The van der Waals surface area contributed by atoms with Crippen LogP contribution in [0.25, 0.3) is 0 Å². The Morgan fingerprint density at radius 1 is 1.69 bits per heavy atom. The number of rotatable bonds is 1. The predicted molar refractivity (Wildman–Crippen MR) is 48.3 cm³/mol. The first-order chi connectivity index (χ1) is 5.95. The Hall–Kier alpha value is -0.610. The van der Waals surface area contributed by atoms with Crippen molar-refractivity contribution >= 4 is 5.91 Å². The summed E-state index contributed by atoms with van der Waals surface area (Å²) in [4.78, 5) is 12.6. The van der Waals surface area contributed by atoms with Gasteiger partial charge in [0.05, 0.1) is 18.2 Å². The van der Waals surface area contributed by atoms with Crippen molar-refractivity contribution in [2.75, 3.05) is 20.3 Å². The molecule has 1 saturated heterocycles. The molecule has 1 aliphatic heterocycles. The molecule has 1 rings (SSSR count). The molecule has 1 unspecified atom stereocenters. The molecule has 0 aromatic carbocycles. The molecule has 1 heterocycles. The number of likely N-dealkylation sites (N-methyl/N-ethyl adjacent to an activating group) is 1. The minimum atomic E-state index is -0.821. The highest BCUT2D eigenvalue weighted by molar-refractivity contribution is 5.73. The van der Waals surface area contributed by atoms with Crippen LogP contribution in [-0.2, 0) is 9.53 Å². The number of ether oxygens (including phenoxy) is 1. The maximum atomic E-state index is 11.1. The van der Waals surface area contributed by atoms with Crippen molar-refractivity contribution in [2.45, 2.75) is 31.9 Å². The van der Waals surface area contributed by atoms with Gasteiger partial charge >= 0.3 is 0 Å². The van der Waals surface area contributed by atoms with Crippen LogP contribution in [0.1, 0.15) is 20.3 Å². The molecule has 1 aliphatic rings. The first-order valence-corrected chi connectivity index (χ1v) is 4.48. The lowest BCUT2D eigenvalue weighted by molar-refractivity contribution is -0.148. The van der Waals surface area contributed by atoms with Crippen LogP contribution in [0, 0.1) is 0 Å². The van der Waals surface area contributed by atoms with Crippen molar-refractivity contribution in [3.05, 3.63) is 0 Å². The molecule has 0 bridgehead atoms. The van der Waals surface area contributed by atoms with Gasteiger partial charge in [0.2, 0.25) is 5.91 Å². The van der Waals surface area contributed by atoms with E-state index in [0.29, 0.717) is 19.6 Å². The molecular weight excluding hydrogens is 170 g/mol. The maximum absolute atomic E-state index is 11.1. The number of hydrogen-bond donors (Lipinski definition) is 1. The molecule has 1 N–H and O–H groups in total. The molecule has 0 spiro atoms. The average Bonchev–Trinajstić information content (AvgIpc) is 2.02. The Morgan fingerprint density at radius 3 is 2.77 bits per heavy atom. The third-order valence-corrected chi connectivity index (χ3v) is 2.71. The van der Waals surface area contributed by atoms with Gasteiger partial charge in [-0.25, -0.2) is 0 Å². The molecule has 76 valence electrons. The number of amides is 1. The first kappa shape index (κ1) is 10.5. The fourth-order valence-electron chi connectivity index (χ4n) is 1.57. The topological polar surface area (TPSA) is 49.8 Å². The average molecular weight is 187 g/mol. The van der Waals surface area contributed by atoms with Crippen LogP contribution in [-0.4, -0.2) is 47.8 Å². The zero-order valence-electron chi connectivity index (χ0n) is 8.41. The smallest absolute Gasteiger partial charge is 0.219 e.